The number of hydrogen-bond acceptors (Lipinski definition) is 7. The number of halogens is 3. The molecule has 5 N–H and O–H groups in total. The zero-order chi connectivity index (χ0) is 30.9. The van der Waals surface area contributed by atoms with E-state index in [4.69, 9.17) is 25.5 Å². The standard InChI is InChI=1S/C26H28N4O5.C2HF3O2/c27-24-22-15-21(9-7-17(22)11-12-28-24)35-16-20(8-10-23(31)32)29-25(33)18-3-5-19(6-4-18)26(34)30-13-1-2-14-30;3-2(4,5)1(6)7/h3-7,9,11-12,15,20H,1-2,8,10,13-14,16H2,(H2,27,28)(H,29,33)(H,31,32);(H,6,7). The van der Waals surface area contributed by atoms with E-state index in [1.807, 2.05) is 17.0 Å². The highest BCUT2D eigenvalue weighted by atomic mass is 19.4. The minimum Gasteiger partial charge on any atom is -0.491 e. The van der Waals surface area contributed by atoms with Gasteiger partial charge in [0, 0.05) is 42.2 Å². The summed E-state index contributed by atoms with van der Waals surface area (Å²) >= 11 is 0. The smallest absolute Gasteiger partial charge is 0.490 e. The number of nitrogens with one attached hydrogen (secondary N) is 1. The maximum Gasteiger partial charge on any atom is 0.490 e. The molecule has 2 aromatic carbocycles. The molecule has 11 nitrogen and oxygen atoms in total. The molecule has 0 bridgehead atoms. The number of benzene rings is 2. The van der Waals surface area contributed by atoms with Crippen molar-refractivity contribution in [2.24, 2.45) is 0 Å². The van der Waals surface area contributed by atoms with Crippen molar-refractivity contribution < 1.29 is 47.3 Å². The largest absolute Gasteiger partial charge is 0.491 e. The van der Waals surface area contributed by atoms with Gasteiger partial charge in [0.05, 0.1) is 6.04 Å². The number of pyridine rings is 1. The van der Waals surface area contributed by atoms with Gasteiger partial charge in [-0.1, -0.05) is 6.07 Å². The number of likely N-dealkylation sites (tertiary alicyclic amines) is 1. The number of carbonyl (C=O) groups is 4. The molecule has 1 aromatic heterocycles. The van der Waals surface area contributed by atoms with E-state index in [9.17, 15) is 27.6 Å². The Morgan fingerprint density at radius 1 is 1.00 bits per heavy atom. The Balaban J connectivity index is 0.000000616. The first-order chi connectivity index (χ1) is 19.8. The van der Waals surface area contributed by atoms with Crippen molar-refractivity contribution in [1.82, 2.24) is 15.2 Å². The van der Waals surface area contributed by atoms with Gasteiger partial charge in [-0.15, -0.1) is 0 Å². The van der Waals surface area contributed by atoms with E-state index >= 15 is 0 Å². The van der Waals surface area contributed by atoms with Crippen molar-refractivity contribution >= 4 is 40.3 Å². The predicted molar refractivity (Wildman–Crippen MR) is 145 cm³/mol. The molecule has 0 radical (unpaired) electrons. The first kappa shape index (κ1) is 31.6. The van der Waals surface area contributed by atoms with Gasteiger partial charge >= 0.3 is 18.1 Å². The van der Waals surface area contributed by atoms with Gasteiger partial charge in [-0.05, 0) is 67.1 Å². The number of aliphatic carboxylic acids is 2. The molecular formula is C28H29F3N4O7. The molecule has 4 rings (SSSR count). The van der Waals surface area contributed by atoms with Crippen LogP contribution >= 0.6 is 0 Å². The van der Waals surface area contributed by atoms with E-state index in [1.165, 1.54) is 0 Å². The molecule has 1 unspecified atom stereocenters. The Kier molecular flexibility index (Phi) is 10.7. The van der Waals surface area contributed by atoms with Crippen LogP contribution in [0.3, 0.4) is 0 Å². The van der Waals surface area contributed by atoms with Crippen molar-refractivity contribution in [2.45, 2.75) is 37.9 Å². The molecule has 1 saturated heterocycles. The highest BCUT2D eigenvalue weighted by Crippen LogP contribution is 2.24. The van der Waals surface area contributed by atoms with E-state index in [2.05, 4.69) is 10.3 Å². The van der Waals surface area contributed by atoms with Crippen LogP contribution in [0.2, 0.25) is 0 Å². The van der Waals surface area contributed by atoms with Gasteiger partial charge in [-0.3, -0.25) is 14.4 Å². The van der Waals surface area contributed by atoms with Crippen molar-refractivity contribution in [3.8, 4) is 5.75 Å². The number of anilines is 1. The Labute approximate surface area is 238 Å². The molecule has 0 saturated carbocycles. The maximum absolute atomic E-state index is 12.8. The molecule has 3 aromatic rings. The molecule has 0 spiro atoms. The minimum absolute atomic E-state index is 0.0339. The van der Waals surface area contributed by atoms with E-state index in [0.29, 0.717) is 22.7 Å². The molecular weight excluding hydrogens is 561 g/mol. The highest BCUT2D eigenvalue weighted by molar-refractivity contribution is 5.98. The summed E-state index contributed by atoms with van der Waals surface area (Å²) in [6.07, 6.45) is -1.36. The first-order valence-corrected chi connectivity index (χ1v) is 12.8. The average Bonchev–Trinajstić information content (AvgIpc) is 3.49. The van der Waals surface area contributed by atoms with Gasteiger partial charge in [0.25, 0.3) is 11.8 Å². The summed E-state index contributed by atoms with van der Waals surface area (Å²) in [6.45, 7) is 1.59. The number of amides is 2. The predicted octanol–water partition coefficient (Wildman–Crippen LogP) is 3.73. The monoisotopic (exact) mass is 590 g/mol. The number of aromatic nitrogens is 1. The van der Waals surface area contributed by atoms with E-state index in [1.54, 1.807) is 42.6 Å². The molecule has 1 atom stereocenters. The van der Waals surface area contributed by atoms with Crippen molar-refractivity contribution in [3.63, 3.8) is 0 Å². The second-order valence-electron chi connectivity index (χ2n) is 9.37. The SMILES string of the molecule is Nc1nccc2ccc(OCC(CCC(=O)O)NC(=O)c3ccc(C(=O)N4CCCC4)cc3)cc12.O=C(O)C(F)(F)F. The molecule has 14 heteroatoms. The third kappa shape index (κ3) is 9.08. The maximum atomic E-state index is 12.8. The fourth-order valence-electron chi connectivity index (χ4n) is 4.09. The number of rotatable bonds is 9. The summed E-state index contributed by atoms with van der Waals surface area (Å²) in [4.78, 5) is 51.3. The summed E-state index contributed by atoms with van der Waals surface area (Å²) in [7, 11) is 0. The quantitative estimate of drug-likeness (QED) is 0.290. The lowest BCUT2D eigenvalue weighted by Crippen LogP contribution is -2.39. The summed E-state index contributed by atoms with van der Waals surface area (Å²) in [6, 6.07) is 13.2. The molecule has 1 aliphatic heterocycles. The third-order valence-corrected chi connectivity index (χ3v) is 6.29. The molecule has 2 amide bonds. The number of fused-ring (bicyclic) bond motifs is 1. The molecule has 1 aliphatic rings. The van der Waals surface area contributed by atoms with Crippen molar-refractivity contribution in [2.75, 3.05) is 25.4 Å². The highest BCUT2D eigenvalue weighted by Gasteiger charge is 2.38. The van der Waals surface area contributed by atoms with Crippen LogP contribution in [0.25, 0.3) is 10.8 Å². The zero-order valence-electron chi connectivity index (χ0n) is 22.3. The summed E-state index contributed by atoms with van der Waals surface area (Å²) in [5.74, 6) is -3.19. The number of nitrogen functional groups attached to an aromatic ring is 1. The van der Waals surface area contributed by atoms with Gasteiger partial charge in [0.2, 0.25) is 0 Å². The fraction of sp³-hybridized carbons (Fsp3) is 0.321. The number of nitrogens with zero attached hydrogens (tertiary/aromatic N) is 2. The molecule has 224 valence electrons. The lowest BCUT2D eigenvalue weighted by Gasteiger charge is -2.19. The van der Waals surface area contributed by atoms with E-state index in [-0.39, 0.29) is 31.3 Å². The third-order valence-electron chi connectivity index (χ3n) is 6.29. The Morgan fingerprint density at radius 2 is 1.62 bits per heavy atom. The molecule has 0 aliphatic carbocycles. The van der Waals surface area contributed by atoms with Crippen LogP contribution in [-0.4, -0.2) is 75.8 Å². The fourth-order valence-corrected chi connectivity index (χ4v) is 4.09. The van der Waals surface area contributed by atoms with Crippen LogP contribution < -0.4 is 15.8 Å². The Bertz CT molecular complexity index is 1430. The van der Waals surface area contributed by atoms with Gasteiger partial charge < -0.3 is 30.9 Å². The number of hydrogen-bond donors (Lipinski definition) is 4. The molecule has 2 heterocycles. The zero-order valence-corrected chi connectivity index (χ0v) is 22.3. The van der Waals surface area contributed by atoms with E-state index in [0.717, 1.165) is 36.7 Å². The normalized spacial score (nSPS) is 13.5. The first-order valence-electron chi connectivity index (χ1n) is 12.8. The summed E-state index contributed by atoms with van der Waals surface area (Å²) < 4.78 is 37.6. The van der Waals surface area contributed by atoms with Gasteiger partial charge in [-0.25, -0.2) is 9.78 Å². The lowest BCUT2D eigenvalue weighted by atomic mass is 10.1. The van der Waals surface area contributed by atoms with Crippen LogP contribution in [0.5, 0.6) is 5.75 Å². The number of carboxylic acid groups (broad SMARTS) is 2. The average molecular weight is 591 g/mol. The number of ether oxygens (including phenoxy) is 1. The van der Waals surface area contributed by atoms with Crippen LogP contribution in [0.1, 0.15) is 46.4 Å². The number of nitrogens with two attached hydrogens (primary N) is 1. The number of carbonyl (C=O) groups excluding carboxylic acids is 2. The summed E-state index contributed by atoms with van der Waals surface area (Å²) in [5.41, 5.74) is 6.87. The van der Waals surface area contributed by atoms with Crippen LogP contribution in [-0.2, 0) is 9.59 Å². The van der Waals surface area contributed by atoms with Gasteiger partial charge in [-0.2, -0.15) is 13.2 Å². The van der Waals surface area contributed by atoms with Gasteiger partial charge in [0.1, 0.15) is 18.2 Å². The van der Waals surface area contributed by atoms with Crippen LogP contribution in [0.4, 0.5) is 19.0 Å². The van der Waals surface area contributed by atoms with Crippen LogP contribution in [0.15, 0.2) is 54.7 Å². The van der Waals surface area contributed by atoms with Crippen molar-refractivity contribution in [3.05, 3.63) is 65.9 Å². The summed E-state index contributed by atoms with van der Waals surface area (Å²) in [5, 5.41) is 20.8. The van der Waals surface area contributed by atoms with Crippen LogP contribution in [0, 0.1) is 0 Å². The Hall–Kier alpha value is -4.88. The molecule has 1 fully saturated rings. The van der Waals surface area contributed by atoms with Crippen molar-refractivity contribution in [1.29, 1.82) is 0 Å². The second-order valence-corrected chi connectivity index (χ2v) is 9.37. The minimum atomic E-state index is -5.08. The topological polar surface area (TPSA) is 172 Å². The lowest BCUT2D eigenvalue weighted by molar-refractivity contribution is -0.192. The molecule has 42 heavy (non-hydrogen) atoms. The van der Waals surface area contributed by atoms with Gasteiger partial charge in [0.15, 0.2) is 0 Å². The number of carboxylic acids is 2. The number of alkyl halides is 3. The second kappa shape index (κ2) is 14.1. The van der Waals surface area contributed by atoms with E-state index < -0.39 is 24.2 Å². The Morgan fingerprint density at radius 3 is 2.21 bits per heavy atom.